The largest absolute Gasteiger partial charge is 0.331 e. The summed E-state index contributed by atoms with van der Waals surface area (Å²) in [4.78, 5) is 4.52. The van der Waals surface area contributed by atoms with Crippen LogP contribution in [0.4, 0.5) is 4.39 Å². The van der Waals surface area contributed by atoms with Crippen molar-refractivity contribution >= 4 is 11.0 Å². The molecule has 1 fully saturated rings. The Hall–Kier alpha value is -1.42. The van der Waals surface area contributed by atoms with E-state index in [-0.39, 0.29) is 5.82 Å². The monoisotopic (exact) mass is 247 g/mol. The highest BCUT2D eigenvalue weighted by atomic mass is 19.1. The molecule has 3 nitrogen and oxygen atoms in total. The Balaban J connectivity index is 2.12. The van der Waals surface area contributed by atoms with Gasteiger partial charge in [0.2, 0.25) is 0 Å². The lowest BCUT2D eigenvalue weighted by atomic mass is 9.95. The van der Waals surface area contributed by atoms with Crippen molar-refractivity contribution in [3.8, 4) is 0 Å². The van der Waals surface area contributed by atoms with E-state index >= 15 is 0 Å². The maximum absolute atomic E-state index is 13.7. The van der Waals surface area contributed by atoms with Crippen LogP contribution in [0.5, 0.6) is 0 Å². The van der Waals surface area contributed by atoms with Gasteiger partial charge in [-0.3, -0.25) is 0 Å². The lowest BCUT2D eigenvalue weighted by molar-refractivity contribution is 0.469. The van der Waals surface area contributed by atoms with Crippen LogP contribution < -0.4 is 5.73 Å². The van der Waals surface area contributed by atoms with Crippen molar-refractivity contribution in [1.29, 1.82) is 0 Å². The number of benzene rings is 1. The van der Waals surface area contributed by atoms with E-state index in [2.05, 4.69) is 4.98 Å². The Morgan fingerprint density at radius 1 is 1.44 bits per heavy atom. The molecule has 0 saturated heterocycles. The zero-order chi connectivity index (χ0) is 12.7. The number of halogens is 1. The number of fused-ring (bicyclic) bond motifs is 1. The quantitative estimate of drug-likeness (QED) is 0.886. The van der Waals surface area contributed by atoms with Crippen LogP contribution >= 0.6 is 0 Å². The molecule has 0 spiro atoms. The molecule has 3 rings (SSSR count). The van der Waals surface area contributed by atoms with Crippen molar-refractivity contribution in [2.45, 2.75) is 25.2 Å². The van der Waals surface area contributed by atoms with E-state index in [1.165, 1.54) is 12.5 Å². The summed E-state index contributed by atoms with van der Waals surface area (Å²) in [6.07, 6.45) is 3.46. The maximum Gasteiger partial charge on any atom is 0.151 e. The van der Waals surface area contributed by atoms with Crippen molar-refractivity contribution in [1.82, 2.24) is 9.55 Å². The van der Waals surface area contributed by atoms with Crippen LogP contribution in [-0.4, -0.2) is 16.1 Å². The smallest absolute Gasteiger partial charge is 0.151 e. The van der Waals surface area contributed by atoms with Crippen molar-refractivity contribution in [2.75, 3.05) is 6.54 Å². The van der Waals surface area contributed by atoms with Gasteiger partial charge in [0, 0.05) is 13.0 Å². The first-order chi connectivity index (χ1) is 8.72. The van der Waals surface area contributed by atoms with Crippen LogP contribution in [0, 0.1) is 11.7 Å². The first-order valence-electron chi connectivity index (χ1n) is 6.53. The molecule has 2 N–H and O–H groups in total. The molecule has 4 heteroatoms. The minimum absolute atomic E-state index is 0.239. The molecule has 0 amide bonds. The lowest BCUT2D eigenvalue weighted by Gasteiger charge is -2.17. The molecule has 1 aromatic heterocycles. The molecule has 1 heterocycles. The number of rotatable bonds is 2. The molecule has 0 bridgehead atoms. The number of hydrogen-bond acceptors (Lipinski definition) is 2. The number of imidazole rings is 1. The number of nitrogens with zero attached hydrogens (tertiary/aromatic N) is 2. The Bertz CT molecular complexity index is 576. The average Bonchev–Trinajstić information content (AvgIpc) is 2.95. The molecule has 1 aliphatic carbocycles. The van der Waals surface area contributed by atoms with Gasteiger partial charge in [-0.2, -0.15) is 0 Å². The minimum atomic E-state index is -0.239. The Morgan fingerprint density at radius 2 is 2.28 bits per heavy atom. The molecule has 1 saturated carbocycles. The van der Waals surface area contributed by atoms with E-state index in [1.54, 1.807) is 6.07 Å². The number of aryl methyl sites for hydroxylation is 1. The molecule has 1 aliphatic rings. The number of nitrogens with two attached hydrogens (primary N) is 1. The molecular formula is C14H18FN3. The van der Waals surface area contributed by atoms with Gasteiger partial charge in [0.1, 0.15) is 11.3 Å². The summed E-state index contributed by atoms with van der Waals surface area (Å²) < 4.78 is 15.8. The van der Waals surface area contributed by atoms with Gasteiger partial charge in [0.05, 0.1) is 5.52 Å². The Morgan fingerprint density at radius 3 is 3.00 bits per heavy atom. The van der Waals surface area contributed by atoms with E-state index in [0.717, 1.165) is 24.2 Å². The standard InChI is InChI=1S/C14H18FN3/c1-18-12-7-3-6-11(15)13(12)17-14(18)10-5-2-4-9(10)8-16/h3,6-7,9-10H,2,4-5,8,16H2,1H3. The SMILES string of the molecule is Cn1c(C2CCCC2CN)nc2c(F)cccc21. The Kier molecular flexibility index (Phi) is 2.82. The van der Waals surface area contributed by atoms with Gasteiger partial charge < -0.3 is 10.3 Å². The molecule has 0 aliphatic heterocycles. The topological polar surface area (TPSA) is 43.8 Å². The second-order valence-corrected chi connectivity index (χ2v) is 5.17. The lowest BCUT2D eigenvalue weighted by Crippen LogP contribution is -2.19. The van der Waals surface area contributed by atoms with E-state index in [1.807, 2.05) is 17.7 Å². The highest BCUT2D eigenvalue weighted by molar-refractivity contribution is 5.76. The fourth-order valence-electron chi connectivity index (χ4n) is 3.19. The number of aromatic nitrogens is 2. The minimum Gasteiger partial charge on any atom is -0.331 e. The Labute approximate surface area is 106 Å². The molecular weight excluding hydrogens is 229 g/mol. The highest BCUT2D eigenvalue weighted by Gasteiger charge is 2.31. The first-order valence-corrected chi connectivity index (χ1v) is 6.53. The first kappa shape index (κ1) is 11.7. The molecule has 2 atom stereocenters. The van der Waals surface area contributed by atoms with Gasteiger partial charge in [-0.05, 0) is 37.4 Å². The van der Waals surface area contributed by atoms with E-state index in [9.17, 15) is 4.39 Å². The summed E-state index contributed by atoms with van der Waals surface area (Å²) in [6.45, 7) is 0.691. The molecule has 1 aromatic carbocycles. The zero-order valence-corrected chi connectivity index (χ0v) is 10.6. The van der Waals surface area contributed by atoms with Crippen LogP contribution in [0.1, 0.15) is 31.0 Å². The van der Waals surface area contributed by atoms with Gasteiger partial charge in [-0.25, -0.2) is 9.37 Å². The summed E-state index contributed by atoms with van der Waals surface area (Å²) in [5.41, 5.74) is 7.18. The van der Waals surface area contributed by atoms with Gasteiger partial charge in [-0.15, -0.1) is 0 Å². The van der Waals surface area contributed by atoms with Crippen molar-refractivity contribution < 1.29 is 4.39 Å². The van der Waals surface area contributed by atoms with Gasteiger partial charge >= 0.3 is 0 Å². The predicted molar refractivity (Wildman–Crippen MR) is 69.8 cm³/mol. The van der Waals surface area contributed by atoms with Gasteiger partial charge in [0.15, 0.2) is 5.82 Å². The summed E-state index contributed by atoms with van der Waals surface area (Å²) in [6, 6.07) is 5.12. The summed E-state index contributed by atoms with van der Waals surface area (Å²) >= 11 is 0. The third kappa shape index (κ3) is 1.63. The van der Waals surface area contributed by atoms with Crippen molar-refractivity contribution in [3.63, 3.8) is 0 Å². The van der Waals surface area contributed by atoms with Crippen LogP contribution in [-0.2, 0) is 7.05 Å². The number of para-hydroxylation sites is 1. The van der Waals surface area contributed by atoms with E-state index in [4.69, 9.17) is 5.73 Å². The predicted octanol–water partition coefficient (Wildman–Crippen LogP) is 2.55. The van der Waals surface area contributed by atoms with Gasteiger partial charge in [-0.1, -0.05) is 12.5 Å². The fraction of sp³-hybridized carbons (Fsp3) is 0.500. The van der Waals surface area contributed by atoms with Crippen LogP contribution in [0.15, 0.2) is 18.2 Å². The second kappa shape index (κ2) is 4.35. The molecule has 96 valence electrons. The summed E-state index contributed by atoms with van der Waals surface area (Å²) in [7, 11) is 1.97. The summed E-state index contributed by atoms with van der Waals surface area (Å²) in [5.74, 6) is 1.62. The maximum atomic E-state index is 13.7. The second-order valence-electron chi connectivity index (χ2n) is 5.17. The van der Waals surface area contributed by atoms with Crippen LogP contribution in [0.2, 0.25) is 0 Å². The highest BCUT2D eigenvalue weighted by Crippen LogP contribution is 2.39. The van der Waals surface area contributed by atoms with E-state index < -0.39 is 0 Å². The molecule has 2 aromatic rings. The van der Waals surface area contributed by atoms with Crippen molar-refractivity contribution in [2.24, 2.45) is 18.7 Å². The van der Waals surface area contributed by atoms with Crippen LogP contribution in [0.25, 0.3) is 11.0 Å². The van der Waals surface area contributed by atoms with E-state index in [0.29, 0.717) is 23.9 Å². The normalized spacial score (nSPS) is 23.9. The van der Waals surface area contributed by atoms with Crippen LogP contribution in [0.3, 0.4) is 0 Å². The average molecular weight is 247 g/mol. The number of hydrogen-bond donors (Lipinski definition) is 1. The summed E-state index contributed by atoms with van der Waals surface area (Å²) in [5, 5.41) is 0. The molecule has 0 radical (unpaired) electrons. The van der Waals surface area contributed by atoms with Crippen molar-refractivity contribution in [3.05, 3.63) is 29.8 Å². The fourth-order valence-corrected chi connectivity index (χ4v) is 3.19. The van der Waals surface area contributed by atoms with Gasteiger partial charge in [0.25, 0.3) is 0 Å². The molecule has 2 unspecified atom stereocenters. The zero-order valence-electron chi connectivity index (χ0n) is 10.6. The molecule has 18 heavy (non-hydrogen) atoms. The third-order valence-electron chi connectivity index (χ3n) is 4.19. The third-order valence-corrected chi connectivity index (χ3v) is 4.19.